The number of benzene rings is 1. The van der Waals surface area contributed by atoms with Gasteiger partial charge in [0, 0.05) is 12.7 Å². The van der Waals surface area contributed by atoms with Crippen LogP contribution in [0.1, 0.15) is 28.9 Å². The average molecular weight is 339 g/mol. The number of hydrogen-bond acceptors (Lipinski definition) is 4. The van der Waals surface area contributed by atoms with Crippen LogP contribution >= 0.6 is 11.6 Å². The van der Waals surface area contributed by atoms with Crippen LogP contribution in [0, 0.1) is 5.82 Å². The molecule has 2 aromatic rings. The SMILES string of the molecule is CCOc1ncc(C(=O)NCC(O)c2ccc(F)cc2)cc1Cl. The summed E-state index contributed by atoms with van der Waals surface area (Å²) < 4.78 is 18.0. The van der Waals surface area contributed by atoms with Crippen LogP contribution in [0.2, 0.25) is 5.02 Å². The molecule has 1 aromatic carbocycles. The lowest BCUT2D eigenvalue weighted by molar-refractivity contribution is 0.0916. The summed E-state index contributed by atoms with van der Waals surface area (Å²) in [6.45, 7) is 2.20. The molecule has 23 heavy (non-hydrogen) atoms. The summed E-state index contributed by atoms with van der Waals surface area (Å²) in [5.74, 6) is -0.555. The van der Waals surface area contributed by atoms with Gasteiger partial charge in [-0.05, 0) is 30.7 Å². The molecule has 1 heterocycles. The monoisotopic (exact) mass is 338 g/mol. The Hall–Kier alpha value is -2.18. The molecule has 5 nitrogen and oxygen atoms in total. The van der Waals surface area contributed by atoms with Crippen LogP contribution in [0.25, 0.3) is 0 Å². The first-order valence-corrected chi connectivity index (χ1v) is 7.39. The number of carbonyl (C=O) groups is 1. The zero-order valence-corrected chi connectivity index (χ0v) is 13.2. The van der Waals surface area contributed by atoms with Crippen molar-refractivity contribution >= 4 is 17.5 Å². The number of amides is 1. The van der Waals surface area contributed by atoms with Crippen molar-refractivity contribution in [1.29, 1.82) is 0 Å². The first kappa shape index (κ1) is 17.2. The van der Waals surface area contributed by atoms with Crippen LogP contribution in [0.3, 0.4) is 0 Å². The van der Waals surface area contributed by atoms with Gasteiger partial charge < -0.3 is 15.2 Å². The molecular formula is C16H16ClFN2O3. The molecule has 0 aliphatic rings. The van der Waals surface area contributed by atoms with Crippen LogP contribution in [-0.2, 0) is 0 Å². The Labute approximate surface area is 138 Å². The number of halogens is 2. The Balaban J connectivity index is 1.96. The maximum Gasteiger partial charge on any atom is 0.253 e. The van der Waals surface area contributed by atoms with Gasteiger partial charge in [0.05, 0.1) is 18.3 Å². The van der Waals surface area contributed by atoms with Gasteiger partial charge in [-0.15, -0.1) is 0 Å². The summed E-state index contributed by atoms with van der Waals surface area (Å²) in [6.07, 6.45) is 0.405. The van der Waals surface area contributed by atoms with E-state index in [2.05, 4.69) is 10.3 Å². The lowest BCUT2D eigenvalue weighted by atomic mass is 10.1. The van der Waals surface area contributed by atoms with E-state index < -0.39 is 12.0 Å². The van der Waals surface area contributed by atoms with Crippen molar-refractivity contribution in [3.63, 3.8) is 0 Å². The summed E-state index contributed by atoms with van der Waals surface area (Å²) in [5.41, 5.74) is 0.763. The van der Waals surface area contributed by atoms with Gasteiger partial charge in [0.2, 0.25) is 5.88 Å². The van der Waals surface area contributed by atoms with Crippen molar-refractivity contribution < 1.29 is 19.0 Å². The molecule has 0 saturated carbocycles. The van der Waals surface area contributed by atoms with E-state index in [1.54, 1.807) is 6.92 Å². The lowest BCUT2D eigenvalue weighted by Crippen LogP contribution is -2.28. The third-order valence-corrected chi connectivity index (χ3v) is 3.33. The van der Waals surface area contributed by atoms with Crippen molar-refractivity contribution in [3.8, 4) is 5.88 Å². The number of aromatic nitrogens is 1. The predicted octanol–water partition coefficient (Wildman–Crippen LogP) is 2.74. The number of aliphatic hydroxyl groups excluding tert-OH is 1. The minimum absolute atomic E-state index is 0.0186. The highest BCUT2D eigenvalue weighted by molar-refractivity contribution is 6.32. The molecule has 0 fully saturated rings. The van der Waals surface area contributed by atoms with Gasteiger partial charge in [0.1, 0.15) is 10.8 Å². The van der Waals surface area contributed by atoms with E-state index in [-0.39, 0.29) is 28.8 Å². The normalized spacial score (nSPS) is 11.8. The third kappa shape index (κ3) is 4.64. The molecule has 122 valence electrons. The molecule has 0 bridgehead atoms. The molecule has 0 aliphatic carbocycles. The lowest BCUT2D eigenvalue weighted by Gasteiger charge is -2.12. The largest absolute Gasteiger partial charge is 0.477 e. The summed E-state index contributed by atoms with van der Waals surface area (Å²) in [4.78, 5) is 16.0. The average Bonchev–Trinajstić information content (AvgIpc) is 2.55. The zero-order valence-electron chi connectivity index (χ0n) is 12.4. The fourth-order valence-corrected chi connectivity index (χ4v) is 2.11. The highest BCUT2D eigenvalue weighted by Crippen LogP contribution is 2.22. The minimum Gasteiger partial charge on any atom is -0.477 e. The smallest absolute Gasteiger partial charge is 0.253 e. The highest BCUT2D eigenvalue weighted by Gasteiger charge is 2.13. The fraction of sp³-hybridized carbons (Fsp3) is 0.250. The Morgan fingerprint density at radius 3 is 2.74 bits per heavy atom. The first-order valence-electron chi connectivity index (χ1n) is 7.01. The quantitative estimate of drug-likeness (QED) is 0.849. The summed E-state index contributed by atoms with van der Waals surface area (Å²) in [5, 5.41) is 12.8. The summed E-state index contributed by atoms with van der Waals surface area (Å²) >= 11 is 5.97. The molecule has 0 saturated heterocycles. The molecule has 1 unspecified atom stereocenters. The molecule has 1 amide bonds. The molecule has 7 heteroatoms. The van der Waals surface area contributed by atoms with E-state index >= 15 is 0 Å². The van der Waals surface area contributed by atoms with E-state index in [1.807, 2.05) is 0 Å². The molecule has 0 aliphatic heterocycles. The van der Waals surface area contributed by atoms with Crippen molar-refractivity contribution in [2.45, 2.75) is 13.0 Å². The van der Waals surface area contributed by atoms with E-state index in [0.717, 1.165) is 0 Å². The van der Waals surface area contributed by atoms with Crippen LogP contribution in [0.15, 0.2) is 36.5 Å². The molecule has 2 N–H and O–H groups in total. The Kier molecular flexibility index (Phi) is 5.90. The van der Waals surface area contributed by atoms with Crippen molar-refractivity contribution in [1.82, 2.24) is 10.3 Å². The Morgan fingerprint density at radius 1 is 1.43 bits per heavy atom. The van der Waals surface area contributed by atoms with E-state index in [1.165, 1.54) is 36.5 Å². The van der Waals surface area contributed by atoms with Crippen LogP contribution < -0.4 is 10.1 Å². The number of ether oxygens (including phenoxy) is 1. The molecule has 0 spiro atoms. The van der Waals surface area contributed by atoms with Gasteiger partial charge in [0.15, 0.2) is 0 Å². The molecule has 1 atom stereocenters. The maximum absolute atomic E-state index is 12.8. The van der Waals surface area contributed by atoms with Crippen molar-refractivity contribution in [2.24, 2.45) is 0 Å². The second kappa shape index (κ2) is 7.89. The van der Waals surface area contributed by atoms with Crippen molar-refractivity contribution in [2.75, 3.05) is 13.2 Å². The van der Waals surface area contributed by atoms with E-state index in [4.69, 9.17) is 16.3 Å². The van der Waals surface area contributed by atoms with Gasteiger partial charge in [0.25, 0.3) is 5.91 Å². The van der Waals surface area contributed by atoms with Crippen LogP contribution in [0.4, 0.5) is 4.39 Å². The number of carbonyl (C=O) groups excluding carboxylic acids is 1. The second-order valence-electron chi connectivity index (χ2n) is 4.72. The Bertz CT molecular complexity index is 680. The van der Waals surface area contributed by atoms with Gasteiger partial charge >= 0.3 is 0 Å². The van der Waals surface area contributed by atoms with Crippen molar-refractivity contribution in [3.05, 3.63) is 58.5 Å². The second-order valence-corrected chi connectivity index (χ2v) is 5.13. The predicted molar refractivity (Wildman–Crippen MR) is 84.1 cm³/mol. The zero-order chi connectivity index (χ0) is 16.8. The molecule has 0 radical (unpaired) electrons. The van der Waals surface area contributed by atoms with Gasteiger partial charge in [-0.1, -0.05) is 23.7 Å². The number of rotatable bonds is 6. The Morgan fingerprint density at radius 2 is 2.13 bits per heavy atom. The fourth-order valence-electron chi connectivity index (χ4n) is 1.89. The molecule has 1 aromatic heterocycles. The number of aliphatic hydroxyl groups is 1. The van der Waals surface area contributed by atoms with Crippen LogP contribution in [0.5, 0.6) is 5.88 Å². The highest BCUT2D eigenvalue weighted by atomic mass is 35.5. The van der Waals surface area contributed by atoms with E-state index in [0.29, 0.717) is 12.2 Å². The van der Waals surface area contributed by atoms with Crippen LogP contribution in [-0.4, -0.2) is 29.1 Å². The molecule has 2 rings (SSSR count). The standard InChI is InChI=1S/C16H16ClFN2O3/c1-2-23-16-13(17)7-11(8-20-16)15(22)19-9-14(21)10-3-5-12(18)6-4-10/h3-8,14,21H,2,9H2,1H3,(H,19,22). The number of pyridine rings is 1. The van der Waals surface area contributed by atoms with Gasteiger partial charge in [-0.3, -0.25) is 4.79 Å². The number of nitrogens with zero attached hydrogens (tertiary/aromatic N) is 1. The van der Waals surface area contributed by atoms with Gasteiger partial charge in [-0.25, -0.2) is 9.37 Å². The molecular weight excluding hydrogens is 323 g/mol. The third-order valence-electron chi connectivity index (χ3n) is 3.06. The number of nitrogens with one attached hydrogen (secondary N) is 1. The topological polar surface area (TPSA) is 71.5 Å². The van der Waals surface area contributed by atoms with E-state index in [9.17, 15) is 14.3 Å². The maximum atomic E-state index is 12.8. The summed E-state index contributed by atoms with van der Waals surface area (Å²) in [7, 11) is 0. The summed E-state index contributed by atoms with van der Waals surface area (Å²) in [6, 6.07) is 6.86. The first-order chi connectivity index (χ1) is 11.0. The minimum atomic E-state index is -0.939. The van der Waals surface area contributed by atoms with Gasteiger partial charge in [-0.2, -0.15) is 0 Å². The number of hydrogen-bond donors (Lipinski definition) is 2.